The van der Waals surface area contributed by atoms with Gasteiger partial charge in [0.05, 0.1) is 5.02 Å². The Morgan fingerprint density at radius 1 is 1.35 bits per heavy atom. The van der Waals surface area contributed by atoms with Gasteiger partial charge in [0.25, 0.3) is 5.91 Å². The lowest BCUT2D eigenvalue weighted by Crippen LogP contribution is -2.41. The van der Waals surface area contributed by atoms with Crippen molar-refractivity contribution in [3.8, 4) is 11.3 Å². The number of nitrogens with zero attached hydrogens (tertiary/aromatic N) is 1. The number of rotatable bonds is 6. The van der Waals surface area contributed by atoms with Crippen LogP contribution in [-0.2, 0) is 4.79 Å². The van der Waals surface area contributed by atoms with Crippen molar-refractivity contribution < 1.29 is 19.2 Å². The number of aliphatic carboxylic acids is 1. The number of carboxylic acids is 1. The quantitative estimate of drug-likeness (QED) is 0.844. The molecule has 23 heavy (non-hydrogen) atoms. The molecule has 1 atom stereocenters. The van der Waals surface area contributed by atoms with E-state index in [1.165, 1.54) is 6.07 Å². The molecule has 0 unspecified atom stereocenters. The number of carbonyl (C=O) groups is 2. The van der Waals surface area contributed by atoms with E-state index in [1.807, 2.05) is 13.8 Å². The summed E-state index contributed by atoms with van der Waals surface area (Å²) in [5.74, 6) is -1.20. The number of nitrogens with one attached hydrogen (secondary N) is 1. The van der Waals surface area contributed by atoms with E-state index in [1.54, 1.807) is 24.3 Å². The van der Waals surface area contributed by atoms with Gasteiger partial charge in [0, 0.05) is 11.6 Å². The Kier molecular flexibility index (Phi) is 5.39. The van der Waals surface area contributed by atoms with Crippen molar-refractivity contribution in [3.05, 3.63) is 41.0 Å². The van der Waals surface area contributed by atoms with Gasteiger partial charge in [-0.3, -0.25) is 4.79 Å². The smallest absolute Gasteiger partial charge is 0.326 e. The third-order valence-electron chi connectivity index (χ3n) is 3.19. The minimum absolute atomic E-state index is 0.00919. The van der Waals surface area contributed by atoms with E-state index in [2.05, 4.69) is 10.5 Å². The largest absolute Gasteiger partial charge is 0.480 e. The second kappa shape index (κ2) is 7.28. The Morgan fingerprint density at radius 3 is 2.65 bits per heavy atom. The summed E-state index contributed by atoms with van der Waals surface area (Å²) in [7, 11) is 0. The van der Waals surface area contributed by atoms with Gasteiger partial charge in [0.15, 0.2) is 11.5 Å². The van der Waals surface area contributed by atoms with Gasteiger partial charge in [-0.15, -0.1) is 0 Å². The van der Waals surface area contributed by atoms with E-state index in [0.717, 1.165) is 0 Å². The minimum Gasteiger partial charge on any atom is -0.480 e. The van der Waals surface area contributed by atoms with Gasteiger partial charge in [0.2, 0.25) is 0 Å². The number of carbonyl (C=O) groups excluding carboxylic acids is 1. The zero-order valence-corrected chi connectivity index (χ0v) is 13.5. The first-order valence-corrected chi connectivity index (χ1v) is 7.51. The molecule has 0 spiro atoms. The molecule has 0 aliphatic heterocycles. The molecule has 122 valence electrons. The molecule has 0 radical (unpaired) electrons. The molecular formula is C16H17ClN2O4. The lowest BCUT2D eigenvalue weighted by Gasteiger charge is -2.15. The van der Waals surface area contributed by atoms with Crippen LogP contribution in [0.3, 0.4) is 0 Å². The molecule has 0 aliphatic rings. The molecule has 1 aromatic heterocycles. The lowest BCUT2D eigenvalue weighted by molar-refractivity contribution is -0.139. The summed E-state index contributed by atoms with van der Waals surface area (Å²) < 4.78 is 5.13. The average molecular weight is 337 g/mol. The summed E-state index contributed by atoms with van der Waals surface area (Å²) in [6.07, 6.45) is 0.330. The van der Waals surface area contributed by atoms with Gasteiger partial charge in [-0.25, -0.2) is 4.79 Å². The van der Waals surface area contributed by atoms with Gasteiger partial charge >= 0.3 is 5.97 Å². The predicted octanol–water partition coefficient (Wildman–Crippen LogP) is 3.22. The lowest BCUT2D eigenvalue weighted by atomic mass is 10.0. The van der Waals surface area contributed by atoms with Crippen LogP contribution in [0.5, 0.6) is 0 Å². The zero-order chi connectivity index (χ0) is 17.0. The minimum atomic E-state index is -1.08. The van der Waals surface area contributed by atoms with Crippen molar-refractivity contribution >= 4 is 23.5 Å². The maximum atomic E-state index is 12.1. The number of hydrogen-bond acceptors (Lipinski definition) is 4. The summed E-state index contributed by atoms with van der Waals surface area (Å²) in [5, 5.41) is 15.8. The molecule has 6 nitrogen and oxygen atoms in total. The van der Waals surface area contributed by atoms with Crippen LogP contribution < -0.4 is 5.32 Å². The summed E-state index contributed by atoms with van der Waals surface area (Å²) in [5.41, 5.74) is 0.618. The highest BCUT2D eigenvalue weighted by atomic mass is 35.5. The van der Waals surface area contributed by atoms with Crippen LogP contribution in [0, 0.1) is 5.92 Å². The summed E-state index contributed by atoms with van der Waals surface area (Å²) in [4.78, 5) is 23.3. The average Bonchev–Trinajstić information content (AvgIpc) is 2.96. The van der Waals surface area contributed by atoms with Crippen LogP contribution in [-0.4, -0.2) is 28.2 Å². The van der Waals surface area contributed by atoms with Gasteiger partial charge in [-0.1, -0.05) is 42.7 Å². The van der Waals surface area contributed by atoms with Crippen molar-refractivity contribution in [2.75, 3.05) is 0 Å². The standard InChI is InChI=1S/C16H17ClN2O4/c1-9(2)7-13(16(21)22)18-15(20)12-8-14(23-19-12)10-5-3-4-6-11(10)17/h3-6,8-9,13H,7H2,1-2H3,(H,18,20)(H,21,22)/t13-/m1/s1. The SMILES string of the molecule is CC(C)C[C@@H](NC(=O)c1cc(-c2ccccc2Cl)on1)C(=O)O. The number of aromatic nitrogens is 1. The highest BCUT2D eigenvalue weighted by Gasteiger charge is 2.23. The molecule has 7 heteroatoms. The predicted molar refractivity (Wildman–Crippen MR) is 85.3 cm³/mol. The van der Waals surface area contributed by atoms with Crippen molar-refractivity contribution in [1.29, 1.82) is 0 Å². The molecule has 1 aromatic carbocycles. The summed E-state index contributed by atoms with van der Waals surface area (Å²) >= 11 is 6.06. The summed E-state index contributed by atoms with van der Waals surface area (Å²) in [6, 6.07) is 7.46. The maximum absolute atomic E-state index is 12.1. The number of carboxylic acid groups (broad SMARTS) is 1. The molecule has 1 heterocycles. The number of halogens is 1. The van der Waals surface area contributed by atoms with E-state index in [0.29, 0.717) is 22.8 Å². The first kappa shape index (κ1) is 17.0. The van der Waals surface area contributed by atoms with Crippen LogP contribution in [0.1, 0.15) is 30.8 Å². The van der Waals surface area contributed by atoms with Crippen LogP contribution in [0.25, 0.3) is 11.3 Å². The normalized spacial score (nSPS) is 12.2. The fraction of sp³-hybridized carbons (Fsp3) is 0.312. The van der Waals surface area contributed by atoms with Crippen LogP contribution in [0.2, 0.25) is 5.02 Å². The Labute approximate surface area is 138 Å². The van der Waals surface area contributed by atoms with E-state index in [9.17, 15) is 9.59 Å². The number of hydrogen-bond donors (Lipinski definition) is 2. The van der Waals surface area contributed by atoms with Crippen molar-refractivity contribution in [2.45, 2.75) is 26.3 Å². The van der Waals surface area contributed by atoms with Gasteiger partial charge in [-0.2, -0.15) is 0 Å². The monoisotopic (exact) mass is 336 g/mol. The highest BCUT2D eigenvalue weighted by molar-refractivity contribution is 6.33. The first-order valence-electron chi connectivity index (χ1n) is 7.13. The van der Waals surface area contributed by atoms with Gasteiger partial charge in [-0.05, 0) is 24.5 Å². The molecule has 0 saturated heterocycles. The number of benzene rings is 1. The van der Waals surface area contributed by atoms with Gasteiger partial charge in [0.1, 0.15) is 6.04 Å². The van der Waals surface area contributed by atoms with E-state index in [4.69, 9.17) is 21.2 Å². The maximum Gasteiger partial charge on any atom is 0.326 e. The fourth-order valence-corrected chi connectivity index (χ4v) is 2.32. The molecule has 2 N–H and O–H groups in total. The Hall–Kier alpha value is -2.34. The van der Waals surface area contributed by atoms with Gasteiger partial charge < -0.3 is 14.9 Å². The Balaban J connectivity index is 2.15. The van der Waals surface area contributed by atoms with Crippen molar-refractivity contribution in [3.63, 3.8) is 0 Å². The van der Waals surface area contributed by atoms with E-state index >= 15 is 0 Å². The molecular weight excluding hydrogens is 320 g/mol. The number of amides is 1. The van der Waals surface area contributed by atoms with Crippen LogP contribution in [0.4, 0.5) is 0 Å². The van der Waals surface area contributed by atoms with Crippen molar-refractivity contribution in [2.24, 2.45) is 5.92 Å². The van der Waals surface area contributed by atoms with Crippen LogP contribution >= 0.6 is 11.6 Å². The third kappa shape index (κ3) is 4.32. The Bertz CT molecular complexity index is 712. The van der Waals surface area contributed by atoms with Crippen LogP contribution in [0.15, 0.2) is 34.9 Å². The fourth-order valence-electron chi connectivity index (χ4n) is 2.10. The molecule has 1 amide bonds. The van der Waals surface area contributed by atoms with E-state index < -0.39 is 17.9 Å². The molecule has 2 aromatic rings. The second-order valence-corrected chi connectivity index (χ2v) is 5.96. The molecule has 2 rings (SSSR count). The van der Waals surface area contributed by atoms with E-state index in [-0.39, 0.29) is 11.6 Å². The third-order valence-corrected chi connectivity index (χ3v) is 3.52. The first-order chi connectivity index (χ1) is 10.9. The topological polar surface area (TPSA) is 92.4 Å². The molecule has 0 aliphatic carbocycles. The Morgan fingerprint density at radius 2 is 2.04 bits per heavy atom. The highest BCUT2D eigenvalue weighted by Crippen LogP contribution is 2.27. The summed E-state index contributed by atoms with van der Waals surface area (Å²) in [6.45, 7) is 3.77. The van der Waals surface area contributed by atoms with Crippen molar-refractivity contribution in [1.82, 2.24) is 10.5 Å². The second-order valence-electron chi connectivity index (χ2n) is 5.55. The molecule has 0 bridgehead atoms. The molecule has 0 fully saturated rings. The molecule has 0 saturated carbocycles. The zero-order valence-electron chi connectivity index (χ0n) is 12.7.